The Morgan fingerprint density at radius 3 is 2.25 bits per heavy atom. The Labute approximate surface area is 118 Å². The summed E-state index contributed by atoms with van der Waals surface area (Å²) in [4.78, 5) is 0. The van der Waals surface area contributed by atoms with Crippen molar-refractivity contribution < 1.29 is 21.3 Å². The molecule has 0 aromatic heterocycles. The first kappa shape index (κ1) is 16.3. The monoisotopic (exact) mass is 334 g/mol. The van der Waals surface area contributed by atoms with E-state index in [1.54, 1.807) is 6.56 Å². The summed E-state index contributed by atoms with van der Waals surface area (Å²) in [6.07, 6.45) is 11.7. The van der Waals surface area contributed by atoms with Crippen LogP contribution in [0, 0.1) is 0 Å². The van der Waals surface area contributed by atoms with E-state index in [0.29, 0.717) is 0 Å². The van der Waals surface area contributed by atoms with Crippen LogP contribution in [0.25, 0.3) is 0 Å². The molecule has 0 N–H and O–H groups in total. The molecule has 0 saturated carbocycles. The molecule has 88 valence electrons. The summed E-state index contributed by atoms with van der Waals surface area (Å²) >= 11 is -1.60. The van der Waals surface area contributed by atoms with Gasteiger partial charge in [0.25, 0.3) is 0 Å². The zero-order valence-electron chi connectivity index (χ0n) is 9.75. The first-order valence-corrected chi connectivity index (χ1v) is 9.30. The fraction of sp³-hybridized carbons (Fsp3) is 0.308. The molecule has 2 aliphatic rings. The molecule has 0 aromatic rings. The normalized spacial score (nSPS) is 17.6. The molecular formula is C13H18Cl2Zr. The summed E-state index contributed by atoms with van der Waals surface area (Å²) < 4.78 is 7.80. The van der Waals surface area contributed by atoms with Gasteiger partial charge in [-0.2, -0.15) is 0 Å². The van der Waals surface area contributed by atoms with Gasteiger partial charge in [0.05, 0.1) is 0 Å². The van der Waals surface area contributed by atoms with Crippen LogP contribution in [0.3, 0.4) is 0 Å². The molecule has 0 aliphatic heterocycles. The van der Waals surface area contributed by atoms with E-state index in [2.05, 4.69) is 42.4 Å². The third-order valence-corrected chi connectivity index (χ3v) is 8.37. The van der Waals surface area contributed by atoms with Crippen molar-refractivity contribution in [3.8, 4) is 0 Å². The summed E-state index contributed by atoms with van der Waals surface area (Å²) in [5.74, 6) is 0. The van der Waals surface area contributed by atoms with Crippen molar-refractivity contribution in [1.82, 2.24) is 0 Å². The maximum absolute atomic E-state index is 4.46. The van der Waals surface area contributed by atoms with Crippen LogP contribution in [0.15, 0.2) is 42.0 Å². The summed E-state index contributed by atoms with van der Waals surface area (Å²) in [7, 11) is 0. The van der Waals surface area contributed by atoms with Gasteiger partial charge in [0, 0.05) is 0 Å². The van der Waals surface area contributed by atoms with Crippen LogP contribution in [-0.4, -0.2) is 4.21 Å². The van der Waals surface area contributed by atoms with E-state index in [9.17, 15) is 0 Å². The Kier molecular flexibility index (Phi) is 7.02. The van der Waals surface area contributed by atoms with Gasteiger partial charge in [-0.05, 0) is 0 Å². The van der Waals surface area contributed by atoms with Crippen LogP contribution in [-0.2, 0) is 21.3 Å². The van der Waals surface area contributed by atoms with Crippen molar-refractivity contribution in [2.24, 2.45) is 0 Å². The van der Waals surface area contributed by atoms with Crippen LogP contribution < -0.4 is 0 Å². The Morgan fingerprint density at radius 2 is 1.81 bits per heavy atom. The van der Waals surface area contributed by atoms with Gasteiger partial charge in [-0.1, -0.05) is 0 Å². The van der Waals surface area contributed by atoms with E-state index in [4.69, 9.17) is 0 Å². The van der Waals surface area contributed by atoms with Crippen molar-refractivity contribution in [2.45, 2.75) is 26.7 Å². The second-order valence-corrected chi connectivity index (χ2v) is 9.69. The Bertz CT molecular complexity index is 412. The quantitative estimate of drug-likeness (QED) is 0.703. The molecule has 0 bridgehead atoms. The van der Waals surface area contributed by atoms with Gasteiger partial charge in [0.15, 0.2) is 0 Å². The molecule has 0 nitrogen and oxygen atoms in total. The van der Waals surface area contributed by atoms with E-state index in [1.165, 1.54) is 24.0 Å². The van der Waals surface area contributed by atoms with E-state index >= 15 is 0 Å². The predicted molar refractivity (Wildman–Crippen MR) is 74.5 cm³/mol. The molecule has 0 fully saturated rings. The van der Waals surface area contributed by atoms with Gasteiger partial charge < -0.3 is 0 Å². The van der Waals surface area contributed by atoms with Gasteiger partial charge >= 0.3 is 94.2 Å². The molecule has 0 saturated heterocycles. The first-order valence-electron chi connectivity index (χ1n) is 5.10. The molecule has 3 heteroatoms. The second kappa shape index (κ2) is 6.89. The van der Waals surface area contributed by atoms with E-state index in [0.717, 1.165) is 0 Å². The van der Waals surface area contributed by atoms with Gasteiger partial charge in [-0.25, -0.2) is 0 Å². The summed E-state index contributed by atoms with van der Waals surface area (Å²) in [6.45, 7) is 4.41. The third-order valence-electron chi connectivity index (χ3n) is 2.86. The summed E-state index contributed by atoms with van der Waals surface area (Å²) in [5, 5.41) is 0. The second-order valence-electron chi connectivity index (χ2n) is 4.18. The zero-order chi connectivity index (χ0) is 10.1. The van der Waals surface area contributed by atoms with Gasteiger partial charge in [-0.3, -0.25) is 0 Å². The SMILES string of the molecule is Cl.Cl.[CH2]=[Zr]([C]1=CC(C)=CC1)[C]1=CC=C(C)C1. The van der Waals surface area contributed by atoms with Crippen LogP contribution in [0.1, 0.15) is 26.7 Å². The van der Waals surface area contributed by atoms with Gasteiger partial charge in [0.1, 0.15) is 0 Å². The van der Waals surface area contributed by atoms with E-state index in [-0.39, 0.29) is 24.8 Å². The molecule has 2 aliphatic carbocycles. The van der Waals surface area contributed by atoms with Gasteiger partial charge in [0.2, 0.25) is 0 Å². The molecule has 0 spiro atoms. The Morgan fingerprint density at radius 1 is 1.12 bits per heavy atom. The zero-order valence-corrected chi connectivity index (χ0v) is 13.8. The van der Waals surface area contributed by atoms with Gasteiger partial charge in [-0.15, -0.1) is 24.8 Å². The number of hydrogen-bond acceptors (Lipinski definition) is 0. The van der Waals surface area contributed by atoms with Crippen LogP contribution in [0.2, 0.25) is 0 Å². The fourth-order valence-electron chi connectivity index (χ4n) is 1.95. The number of rotatable bonds is 2. The molecule has 2 rings (SSSR count). The fourth-order valence-corrected chi connectivity index (χ4v) is 6.72. The molecule has 16 heavy (non-hydrogen) atoms. The Balaban J connectivity index is 0.00000112. The number of hydrogen-bond donors (Lipinski definition) is 0. The molecule has 0 aromatic carbocycles. The minimum absolute atomic E-state index is 0. The number of allylic oxidation sites excluding steroid dienone is 8. The molecular weight excluding hydrogens is 318 g/mol. The summed E-state index contributed by atoms with van der Waals surface area (Å²) in [6, 6.07) is 0. The molecule has 0 unspecified atom stereocenters. The summed E-state index contributed by atoms with van der Waals surface area (Å²) in [5.41, 5.74) is 2.94. The van der Waals surface area contributed by atoms with Crippen LogP contribution >= 0.6 is 24.8 Å². The van der Waals surface area contributed by atoms with Crippen molar-refractivity contribution in [2.75, 3.05) is 0 Å². The number of halogens is 2. The van der Waals surface area contributed by atoms with E-state index in [1.807, 2.05) is 0 Å². The third kappa shape index (κ3) is 3.65. The average Bonchev–Trinajstić information content (AvgIpc) is 2.73. The molecule has 0 heterocycles. The van der Waals surface area contributed by atoms with Crippen molar-refractivity contribution in [3.63, 3.8) is 0 Å². The predicted octanol–water partition coefficient (Wildman–Crippen LogP) is 4.35. The van der Waals surface area contributed by atoms with E-state index < -0.39 is 21.3 Å². The molecule has 0 atom stereocenters. The maximum atomic E-state index is 4.46. The molecule has 0 radical (unpaired) electrons. The standard InChI is InChI=1S/2C6H7.CH2.2ClH.Zr/c2*1-6-4-2-3-5-6;;;;/h4-5H,2H2,1H3;2,4H,5H2,1H3;1H2;2*1H;. The Hall–Kier alpha value is 0.293. The van der Waals surface area contributed by atoms with Crippen LogP contribution in [0.5, 0.6) is 0 Å². The molecule has 0 amide bonds. The first-order chi connectivity index (χ1) is 6.66. The minimum atomic E-state index is -1.60. The van der Waals surface area contributed by atoms with Crippen molar-refractivity contribution >= 4 is 29.0 Å². The topological polar surface area (TPSA) is 0 Å². The average molecular weight is 336 g/mol. The van der Waals surface area contributed by atoms with Crippen LogP contribution in [0.4, 0.5) is 0 Å². The van der Waals surface area contributed by atoms with Crippen molar-refractivity contribution in [1.29, 1.82) is 0 Å². The van der Waals surface area contributed by atoms with Crippen molar-refractivity contribution in [3.05, 3.63) is 42.0 Å².